The molecule has 0 aromatic heterocycles. The number of carbonyl (C=O) groups is 3. The largest absolute Gasteiger partial charge is 0.481 e. The Hall–Kier alpha value is -3.84. The molecule has 2 amide bonds. The highest BCUT2D eigenvalue weighted by Crippen LogP contribution is 2.44. The summed E-state index contributed by atoms with van der Waals surface area (Å²) in [6, 6.07) is 20.7. The Kier molecular flexibility index (Phi) is 6.17. The molecule has 0 unspecified atom stereocenters. The molecule has 1 saturated carbocycles. The van der Waals surface area contributed by atoms with Crippen LogP contribution in [0, 0.1) is 11.8 Å². The van der Waals surface area contributed by atoms with Gasteiger partial charge in [-0.2, -0.15) is 0 Å². The molecule has 35 heavy (non-hydrogen) atoms. The van der Waals surface area contributed by atoms with Gasteiger partial charge in [-0.15, -0.1) is 0 Å². The van der Waals surface area contributed by atoms with E-state index in [2.05, 4.69) is 22.8 Å². The second kappa shape index (κ2) is 9.43. The van der Waals surface area contributed by atoms with Crippen LogP contribution in [0.1, 0.15) is 33.8 Å². The molecule has 2 aliphatic rings. The Morgan fingerprint density at radius 2 is 1.63 bits per heavy atom. The van der Waals surface area contributed by atoms with Gasteiger partial charge in [0, 0.05) is 28.7 Å². The normalized spacial score (nSPS) is 17.7. The molecule has 8 heteroatoms. The van der Waals surface area contributed by atoms with Gasteiger partial charge in [0.05, 0.1) is 5.92 Å². The molecule has 3 aromatic carbocycles. The van der Waals surface area contributed by atoms with Gasteiger partial charge < -0.3 is 15.2 Å². The fourth-order valence-electron chi connectivity index (χ4n) is 4.65. The van der Waals surface area contributed by atoms with Gasteiger partial charge in [0.15, 0.2) is 0 Å². The number of carboxylic acid groups (broad SMARTS) is 1. The van der Waals surface area contributed by atoms with Crippen molar-refractivity contribution in [2.45, 2.75) is 12.3 Å². The van der Waals surface area contributed by atoms with Crippen molar-refractivity contribution in [2.24, 2.45) is 11.8 Å². The summed E-state index contributed by atoms with van der Waals surface area (Å²) in [6.45, 7) is 0.442. The monoisotopic (exact) mass is 490 g/mol. The predicted octanol–water partition coefficient (Wildman–Crippen LogP) is 5.15. The van der Waals surface area contributed by atoms with Crippen molar-refractivity contribution in [3.8, 4) is 11.1 Å². The summed E-state index contributed by atoms with van der Waals surface area (Å²) in [7, 11) is 0. The Bertz CT molecular complexity index is 1280. The summed E-state index contributed by atoms with van der Waals surface area (Å²) < 4.78 is 5.56. The van der Waals surface area contributed by atoms with Crippen LogP contribution in [0.15, 0.2) is 66.7 Å². The number of rotatable bonds is 7. The molecule has 0 radical (unpaired) electrons. The molecule has 3 aromatic rings. The molecule has 0 bridgehead atoms. The average Bonchev–Trinajstić information content (AvgIpc) is 3.56. The Morgan fingerprint density at radius 1 is 0.971 bits per heavy atom. The zero-order valence-electron chi connectivity index (χ0n) is 18.7. The van der Waals surface area contributed by atoms with Gasteiger partial charge >= 0.3 is 12.1 Å². The minimum absolute atomic E-state index is 0.0611. The highest BCUT2D eigenvalue weighted by molar-refractivity contribution is 6.31. The fourth-order valence-corrected chi connectivity index (χ4v) is 4.88. The first-order valence-corrected chi connectivity index (χ1v) is 11.7. The maximum Gasteiger partial charge on any atom is 0.411 e. The zero-order valence-corrected chi connectivity index (χ0v) is 19.4. The van der Waals surface area contributed by atoms with Crippen molar-refractivity contribution < 1.29 is 24.2 Å². The highest BCUT2D eigenvalue weighted by Gasteiger charge is 2.43. The van der Waals surface area contributed by atoms with Crippen molar-refractivity contribution >= 4 is 35.3 Å². The second-order valence-corrected chi connectivity index (χ2v) is 9.27. The van der Waals surface area contributed by atoms with E-state index in [1.165, 1.54) is 18.2 Å². The van der Waals surface area contributed by atoms with Crippen LogP contribution in [0.25, 0.3) is 11.1 Å². The number of nitrogens with one attached hydrogen (secondary N) is 2. The smallest absolute Gasteiger partial charge is 0.411 e. The number of ether oxygens (including phenoxy) is 1. The zero-order chi connectivity index (χ0) is 24.5. The molecule has 0 heterocycles. The van der Waals surface area contributed by atoms with E-state index in [0.717, 1.165) is 22.3 Å². The minimum Gasteiger partial charge on any atom is -0.481 e. The van der Waals surface area contributed by atoms with Gasteiger partial charge in [-0.05, 0) is 52.8 Å². The molecule has 5 rings (SSSR count). The molecule has 0 spiro atoms. The third kappa shape index (κ3) is 4.86. The standard InChI is InChI=1S/C27H23ClN2O5/c28-17-9-15(25(31)29-13-16-11-23(16)26(32)33)10-18(12-17)30-27(34)35-14-24-21-7-3-1-5-19(21)20-6-2-4-8-22(20)24/h1-10,12,16,23-24H,11,13-14H2,(H,29,31)(H,30,34)(H,32,33)/t16-,23-/m0/s1. The van der Waals surface area contributed by atoms with Crippen LogP contribution < -0.4 is 10.6 Å². The second-order valence-electron chi connectivity index (χ2n) is 8.83. The molecule has 178 valence electrons. The number of anilines is 1. The topological polar surface area (TPSA) is 105 Å². The lowest BCUT2D eigenvalue weighted by atomic mass is 9.98. The van der Waals surface area contributed by atoms with Gasteiger partial charge in [0.1, 0.15) is 6.61 Å². The molecular formula is C27H23ClN2O5. The first kappa shape index (κ1) is 22.9. The quantitative estimate of drug-likeness (QED) is 0.424. The maximum absolute atomic E-state index is 12.6. The van der Waals surface area contributed by atoms with Crippen molar-refractivity contribution in [1.82, 2.24) is 5.32 Å². The fraction of sp³-hybridized carbons (Fsp3) is 0.222. The highest BCUT2D eigenvalue weighted by atomic mass is 35.5. The molecule has 7 nitrogen and oxygen atoms in total. The van der Waals surface area contributed by atoms with E-state index < -0.39 is 18.0 Å². The van der Waals surface area contributed by atoms with Crippen LogP contribution in [-0.2, 0) is 9.53 Å². The maximum atomic E-state index is 12.6. The number of hydrogen-bond acceptors (Lipinski definition) is 4. The molecule has 2 atom stereocenters. The number of aliphatic carboxylic acids is 1. The van der Waals surface area contributed by atoms with Gasteiger partial charge in [-0.25, -0.2) is 4.79 Å². The van der Waals surface area contributed by atoms with Gasteiger partial charge in [-0.1, -0.05) is 60.1 Å². The molecule has 2 aliphatic carbocycles. The Labute approximate surface area is 207 Å². The lowest BCUT2D eigenvalue weighted by Crippen LogP contribution is -2.26. The number of halogens is 1. The van der Waals surface area contributed by atoms with Crippen LogP contribution in [0.3, 0.4) is 0 Å². The SMILES string of the molecule is O=C(Nc1cc(Cl)cc(C(=O)NC[C@@H]2C[C@@H]2C(=O)O)c1)OCC1c2ccccc2-c2ccccc21. The van der Waals surface area contributed by atoms with E-state index in [-0.39, 0.29) is 41.5 Å². The summed E-state index contributed by atoms with van der Waals surface area (Å²) in [4.78, 5) is 36.0. The Morgan fingerprint density at radius 3 is 2.26 bits per heavy atom. The van der Waals surface area contributed by atoms with Crippen LogP contribution in [0.5, 0.6) is 0 Å². The predicted molar refractivity (Wildman–Crippen MR) is 132 cm³/mol. The lowest BCUT2D eigenvalue weighted by Gasteiger charge is -2.15. The Balaban J connectivity index is 1.21. The number of carboxylic acids is 1. The first-order valence-electron chi connectivity index (χ1n) is 11.3. The number of fused-ring (bicyclic) bond motifs is 3. The lowest BCUT2D eigenvalue weighted by molar-refractivity contribution is -0.138. The first-order chi connectivity index (χ1) is 16.9. The van der Waals surface area contributed by atoms with E-state index in [9.17, 15) is 14.4 Å². The van der Waals surface area contributed by atoms with Gasteiger partial charge in [0.25, 0.3) is 5.91 Å². The summed E-state index contributed by atoms with van der Waals surface area (Å²) in [5, 5.41) is 14.6. The number of hydrogen-bond donors (Lipinski definition) is 3. The van der Waals surface area contributed by atoms with E-state index in [4.69, 9.17) is 21.4 Å². The summed E-state index contributed by atoms with van der Waals surface area (Å²) in [6.07, 6.45) is -0.0949. The molecular weight excluding hydrogens is 468 g/mol. The number of amides is 2. The van der Waals surface area contributed by atoms with Crippen LogP contribution in [0.4, 0.5) is 10.5 Å². The van der Waals surface area contributed by atoms with Crippen LogP contribution in [0.2, 0.25) is 5.02 Å². The molecule has 0 saturated heterocycles. The van der Waals surface area contributed by atoms with E-state index in [1.54, 1.807) is 0 Å². The van der Waals surface area contributed by atoms with Gasteiger partial charge in [-0.3, -0.25) is 14.9 Å². The van der Waals surface area contributed by atoms with Crippen molar-refractivity contribution in [2.75, 3.05) is 18.5 Å². The van der Waals surface area contributed by atoms with Crippen molar-refractivity contribution in [1.29, 1.82) is 0 Å². The molecule has 0 aliphatic heterocycles. The van der Waals surface area contributed by atoms with E-state index in [1.807, 2.05) is 36.4 Å². The third-order valence-corrected chi connectivity index (χ3v) is 6.73. The van der Waals surface area contributed by atoms with Crippen molar-refractivity contribution in [3.05, 3.63) is 88.4 Å². The number of benzene rings is 3. The summed E-state index contributed by atoms with van der Waals surface area (Å²) in [5.74, 6) is -1.76. The van der Waals surface area contributed by atoms with Gasteiger partial charge in [0.2, 0.25) is 0 Å². The molecule has 1 fully saturated rings. The minimum atomic E-state index is -0.846. The summed E-state index contributed by atoms with van der Waals surface area (Å²) in [5.41, 5.74) is 5.11. The van der Waals surface area contributed by atoms with Crippen LogP contribution >= 0.6 is 11.6 Å². The average molecular weight is 491 g/mol. The number of carbonyl (C=O) groups excluding carboxylic acids is 2. The van der Waals surface area contributed by atoms with E-state index in [0.29, 0.717) is 12.1 Å². The molecule has 3 N–H and O–H groups in total. The van der Waals surface area contributed by atoms with Crippen LogP contribution in [-0.4, -0.2) is 36.2 Å². The summed E-state index contributed by atoms with van der Waals surface area (Å²) >= 11 is 6.16. The third-order valence-electron chi connectivity index (χ3n) is 6.51. The van der Waals surface area contributed by atoms with Crippen molar-refractivity contribution in [3.63, 3.8) is 0 Å². The van der Waals surface area contributed by atoms with E-state index >= 15 is 0 Å².